The maximum absolute atomic E-state index is 13.6. The smallest absolute Gasteiger partial charge is 0.410 e. The number of amides is 3. The summed E-state index contributed by atoms with van der Waals surface area (Å²) in [7, 11) is 0. The van der Waals surface area contributed by atoms with Gasteiger partial charge in [-0.2, -0.15) is 0 Å². The van der Waals surface area contributed by atoms with Crippen LogP contribution in [0.4, 0.5) is 4.79 Å². The van der Waals surface area contributed by atoms with Crippen molar-refractivity contribution in [2.45, 2.75) is 139 Å². The first-order valence-corrected chi connectivity index (χ1v) is 22.0. The van der Waals surface area contributed by atoms with Gasteiger partial charge in [0.15, 0.2) is 5.60 Å². The number of morpholine rings is 1. The number of phenols is 1. The molecule has 4 aliphatic rings. The molecule has 20 nitrogen and oxygen atoms in total. The normalized spacial score (nSPS) is 29.0. The number of aromatic nitrogens is 3. The third-order valence-electron chi connectivity index (χ3n) is 13.1. The molecule has 1 spiro atoms. The molecule has 1 aliphatic carbocycles. The Balaban J connectivity index is 1.19. The van der Waals surface area contributed by atoms with E-state index >= 15 is 0 Å². The molecule has 3 amide bonds. The van der Waals surface area contributed by atoms with E-state index in [9.17, 15) is 44.7 Å². The molecule has 0 radical (unpaired) electrons. The van der Waals surface area contributed by atoms with E-state index in [1.54, 1.807) is 45.7 Å². The molecule has 7 atom stereocenters. The van der Waals surface area contributed by atoms with Crippen LogP contribution < -0.4 is 16.4 Å². The molecule has 3 aliphatic heterocycles. The number of carboxylic acid groups (broad SMARTS) is 1. The number of rotatable bonds is 14. The van der Waals surface area contributed by atoms with Crippen molar-refractivity contribution in [1.29, 1.82) is 0 Å². The zero-order valence-electron chi connectivity index (χ0n) is 37.0. The van der Waals surface area contributed by atoms with Crippen LogP contribution >= 0.6 is 0 Å². The first kappa shape index (κ1) is 48.0. The Kier molecular flexibility index (Phi) is 15.1. The Bertz CT molecular complexity index is 1930. The van der Waals surface area contributed by atoms with E-state index in [0.29, 0.717) is 49.7 Å². The van der Waals surface area contributed by atoms with Gasteiger partial charge in [-0.25, -0.2) is 14.3 Å². The van der Waals surface area contributed by atoms with Gasteiger partial charge in [-0.3, -0.25) is 14.5 Å². The fourth-order valence-corrected chi connectivity index (χ4v) is 9.45. The van der Waals surface area contributed by atoms with E-state index in [1.165, 1.54) is 16.8 Å². The number of aliphatic carboxylic acids is 1. The van der Waals surface area contributed by atoms with Gasteiger partial charge in [0, 0.05) is 63.2 Å². The number of hydrogen-bond donors (Lipinski definition) is 8. The summed E-state index contributed by atoms with van der Waals surface area (Å²) in [6.45, 7) is 10.3. The van der Waals surface area contributed by atoms with Gasteiger partial charge in [0.25, 0.3) is 5.91 Å². The topological polar surface area (TPSA) is 284 Å². The predicted octanol–water partition coefficient (Wildman–Crippen LogP) is 0.545. The number of aliphatic hydroxyl groups is 3. The molecule has 1 aromatic carbocycles. The van der Waals surface area contributed by atoms with E-state index in [4.69, 9.17) is 19.9 Å². The summed E-state index contributed by atoms with van der Waals surface area (Å²) < 4.78 is 19.2. The number of likely N-dealkylation sites (tertiary alicyclic amines) is 1. The van der Waals surface area contributed by atoms with Crippen molar-refractivity contribution in [1.82, 2.24) is 35.4 Å². The van der Waals surface area contributed by atoms with Gasteiger partial charge in [0.05, 0.1) is 42.7 Å². The highest BCUT2D eigenvalue weighted by molar-refractivity contribution is 5.95. The lowest BCUT2D eigenvalue weighted by atomic mass is 9.81. The van der Waals surface area contributed by atoms with Crippen LogP contribution in [0.1, 0.15) is 98.8 Å². The molecule has 4 heterocycles. The number of benzene rings is 1. The molecular weight excluding hydrogens is 821 g/mol. The zero-order valence-corrected chi connectivity index (χ0v) is 37.0. The number of nitrogens with zero attached hydrogens (tertiary/aromatic N) is 5. The van der Waals surface area contributed by atoms with Crippen molar-refractivity contribution in [2.24, 2.45) is 11.7 Å². The second-order valence-corrected chi connectivity index (χ2v) is 18.9. The maximum atomic E-state index is 13.6. The highest BCUT2D eigenvalue weighted by Gasteiger charge is 2.56. The molecule has 3 saturated heterocycles. The van der Waals surface area contributed by atoms with Crippen molar-refractivity contribution < 1.29 is 58.9 Å². The average molecular weight is 887 g/mol. The number of hydrogen-bond acceptors (Lipinski definition) is 15. The van der Waals surface area contributed by atoms with Crippen molar-refractivity contribution in [3.8, 4) is 5.75 Å². The molecule has 6 rings (SSSR count). The summed E-state index contributed by atoms with van der Waals surface area (Å²) in [4.78, 5) is 56.8. The van der Waals surface area contributed by atoms with Crippen molar-refractivity contribution in [3.05, 3.63) is 40.7 Å². The number of aryl methyl sites for hydroxylation is 2. The average Bonchev–Trinajstić information content (AvgIpc) is 3.89. The van der Waals surface area contributed by atoms with Gasteiger partial charge in [-0.15, -0.1) is 5.10 Å². The van der Waals surface area contributed by atoms with E-state index < -0.39 is 84.0 Å². The van der Waals surface area contributed by atoms with Crippen molar-refractivity contribution >= 4 is 23.9 Å². The molecule has 1 aromatic heterocycles. The van der Waals surface area contributed by atoms with Crippen LogP contribution in [0.5, 0.6) is 5.75 Å². The van der Waals surface area contributed by atoms with Crippen LogP contribution in [-0.4, -0.2) is 174 Å². The molecule has 2 aromatic rings. The fraction of sp³-hybridized carbons (Fsp3) is 0.721. The molecular formula is C43H66N8O12. The molecule has 20 heteroatoms. The van der Waals surface area contributed by atoms with Crippen LogP contribution in [0.25, 0.3) is 0 Å². The minimum atomic E-state index is -2.11. The Hall–Kier alpha value is -4.44. The molecule has 0 unspecified atom stereocenters. The number of nitrogens with two attached hydrogens (primary N) is 1. The monoisotopic (exact) mass is 886 g/mol. The van der Waals surface area contributed by atoms with Crippen LogP contribution in [0.15, 0.2) is 18.3 Å². The van der Waals surface area contributed by atoms with E-state index in [2.05, 4.69) is 25.8 Å². The Labute approximate surface area is 367 Å². The van der Waals surface area contributed by atoms with Gasteiger partial charge >= 0.3 is 12.1 Å². The van der Waals surface area contributed by atoms with E-state index in [-0.39, 0.29) is 49.9 Å². The van der Waals surface area contributed by atoms with Gasteiger partial charge in [0.1, 0.15) is 30.1 Å². The highest BCUT2D eigenvalue weighted by atomic mass is 16.6. The third kappa shape index (κ3) is 11.3. The summed E-state index contributed by atoms with van der Waals surface area (Å²) >= 11 is 0. The molecule has 350 valence electrons. The second-order valence-electron chi connectivity index (χ2n) is 18.9. The number of aromatic hydroxyl groups is 1. The molecule has 1 saturated carbocycles. The molecule has 9 N–H and O–H groups in total. The number of aliphatic hydroxyl groups excluding tert-OH is 3. The summed E-state index contributed by atoms with van der Waals surface area (Å²) in [6, 6.07) is 1.53. The quantitative estimate of drug-likeness (QED) is 0.129. The number of ether oxygens (including phenoxy) is 3. The van der Waals surface area contributed by atoms with E-state index in [1.807, 2.05) is 0 Å². The van der Waals surface area contributed by atoms with Crippen molar-refractivity contribution in [3.63, 3.8) is 0 Å². The van der Waals surface area contributed by atoms with Gasteiger partial charge in [0.2, 0.25) is 5.91 Å². The molecule has 0 bridgehead atoms. The highest BCUT2D eigenvalue weighted by Crippen LogP contribution is 2.38. The minimum absolute atomic E-state index is 0.0364. The first-order chi connectivity index (χ1) is 29.7. The lowest BCUT2D eigenvalue weighted by molar-refractivity contribution is -0.231. The van der Waals surface area contributed by atoms with Crippen LogP contribution in [0.3, 0.4) is 0 Å². The Morgan fingerprint density at radius 2 is 1.78 bits per heavy atom. The zero-order chi connectivity index (χ0) is 45.9. The summed E-state index contributed by atoms with van der Waals surface area (Å²) in [5.74, 6) is -2.00. The number of nitrogens with one attached hydrogen (secondary N) is 2. The number of carboxylic acids is 1. The lowest BCUT2D eigenvalue weighted by Crippen LogP contribution is -2.68. The summed E-state index contributed by atoms with van der Waals surface area (Å²) in [5.41, 5.74) is 4.27. The van der Waals surface area contributed by atoms with Crippen molar-refractivity contribution in [2.75, 3.05) is 52.5 Å². The van der Waals surface area contributed by atoms with Gasteiger partial charge < -0.3 is 61.0 Å². The summed E-state index contributed by atoms with van der Waals surface area (Å²) in [5, 5.41) is 69.6. The lowest BCUT2D eigenvalue weighted by Gasteiger charge is -2.49. The minimum Gasteiger partial charge on any atom is -0.507 e. The van der Waals surface area contributed by atoms with E-state index in [0.717, 1.165) is 31.4 Å². The summed E-state index contributed by atoms with van der Waals surface area (Å²) in [6.07, 6.45) is -2.11. The van der Waals surface area contributed by atoms with Crippen LogP contribution in [-0.2, 0) is 30.3 Å². The maximum Gasteiger partial charge on any atom is 0.410 e. The number of carbonyl (C=O) groups is 4. The predicted molar refractivity (Wildman–Crippen MR) is 226 cm³/mol. The fourth-order valence-electron chi connectivity index (χ4n) is 9.45. The number of phenolic OH excluding ortho intramolecular Hbond substituents is 1. The van der Waals surface area contributed by atoms with Gasteiger partial charge in [-0.05, 0) is 102 Å². The SMILES string of the molecule is Cc1cc(C(=O)NC[C@@H](O)[C@@H](O)[C@@H]2O[C@@](CCN3CCOC[C@@]34CCN(C(=O)OC(C)(C)C)C4)(C(=O)O)C[C@H](O)[C@H]2NC(=O)Cn2cc(C3CCC(CN)CC3)nn2)cc(C)c1O. The second kappa shape index (κ2) is 19.7. The Morgan fingerprint density at radius 3 is 2.43 bits per heavy atom. The Morgan fingerprint density at radius 1 is 1.08 bits per heavy atom. The first-order valence-electron chi connectivity index (χ1n) is 22.0. The standard InChI is InChI=1S/C43H66N8O12/c1-25-16-29(17-26(2)35(25)55)38(57)45-20-32(53)36(56)37-34(46-33(54)22-51-21-30(47-48-51)28-8-6-27(19-44)7-9-28)31(52)18-43(62-37,39(58)59)11-13-50-14-15-61-24-42(50)10-12-49(23-42)40(60)63-41(3,4)5/h16-17,21,27-28,31-32,34,36-37,52-53,55-56H,6-15,18-20,22-24,44H2,1-5H3,(H,45,57)(H,46,54)(H,58,59)/t27?,28?,31-,32+,34+,36+,37+,42-,43+/m0/s1. The van der Waals surface area contributed by atoms with Crippen LogP contribution in [0, 0.1) is 19.8 Å². The number of carbonyl (C=O) groups excluding carboxylic acids is 3. The molecule has 4 fully saturated rings. The van der Waals surface area contributed by atoms with Crippen LogP contribution in [0.2, 0.25) is 0 Å². The third-order valence-corrected chi connectivity index (χ3v) is 13.1. The largest absolute Gasteiger partial charge is 0.507 e. The van der Waals surface area contributed by atoms with Gasteiger partial charge in [-0.1, -0.05) is 5.21 Å². The molecule has 63 heavy (non-hydrogen) atoms.